The zero-order chi connectivity index (χ0) is 21.5. The van der Waals surface area contributed by atoms with Crippen LogP contribution >= 0.6 is 0 Å². The summed E-state index contributed by atoms with van der Waals surface area (Å²) in [5.41, 5.74) is 2.15. The molecular weight excluding hydrogens is 390 g/mol. The molecular formula is C21H25N3O4S. The standard InChI is InChI=1S/C21H25N3O4S/c1-13(16-7-8-18-12-19(28-5)10-9-17(18)11-16)21(25)24(29(6,26)27)20-14(2)22-23(4)15(20)3/h7-13H,1-6H3. The smallest absolute Gasteiger partial charge is 0.248 e. The molecule has 0 spiro atoms. The lowest BCUT2D eigenvalue weighted by molar-refractivity contribution is -0.118. The van der Waals surface area contributed by atoms with Gasteiger partial charge in [0.25, 0.3) is 0 Å². The zero-order valence-corrected chi connectivity index (χ0v) is 18.2. The Kier molecular flexibility index (Phi) is 5.40. The summed E-state index contributed by atoms with van der Waals surface area (Å²) in [5, 5.41) is 6.19. The van der Waals surface area contributed by atoms with Crippen molar-refractivity contribution in [1.82, 2.24) is 9.78 Å². The minimum absolute atomic E-state index is 0.317. The number of nitrogens with zero attached hydrogens (tertiary/aromatic N) is 3. The molecule has 1 heterocycles. The molecule has 3 aromatic rings. The Morgan fingerprint density at radius 1 is 1.14 bits per heavy atom. The van der Waals surface area contributed by atoms with E-state index >= 15 is 0 Å². The third-order valence-corrected chi connectivity index (χ3v) is 6.17. The molecule has 0 aliphatic rings. The summed E-state index contributed by atoms with van der Waals surface area (Å²) in [5.74, 6) is -0.421. The first-order chi connectivity index (χ1) is 13.5. The van der Waals surface area contributed by atoms with Gasteiger partial charge in [0.05, 0.1) is 30.7 Å². The number of carbonyl (C=O) groups is 1. The number of aromatic nitrogens is 2. The number of aryl methyl sites for hydroxylation is 2. The summed E-state index contributed by atoms with van der Waals surface area (Å²) in [6, 6.07) is 11.3. The average molecular weight is 416 g/mol. The van der Waals surface area contributed by atoms with Gasteiger partial charge >= 0.3 is 0 Å². The van der Waals surface area contributed by atoms with Gasteiger partial charge in [0.15, 0.2) is 0 Å². The molecule has 29 heavy (non-hydrogen) atoms. The maximum absolute atomic E-state index is 13.3. The third-order valence-electron chi connectivity index (χ3n) is 5.15. The van der Waals surface area contributed by atoms with Crippen molar-refractivity contribution in [2.24, 2.45) is 7.05 Å². The van der Waals surface area contributed by atoms with E-state index in [1.807, 2.05) is 36.4 Å². The van der Waals surface area contributed by atoms with Crippen LogP contribution in [-0.2, 0) is 21.9 Å². The van der Waals surface area contributed by atoms with E-state index in [0.29, 0.717) is 17.1 Å². The van der Waals surface area contributed by atoms with Crippen LogP contribution in [0, 0.1) is 13.8 Å². The van der Waals surface area contributed by atoms with E-state index < -0.39 is 21.8 Å². The van der Waals surface area contributed by atoms with Crippen molar-refractivity contribution in [2.75, 3.05) is 17.7 Å². The lowest BCUT2D eigenvalue weighted by atomic mass is 9.97. The van der Waals surface area contributed by atoms with E-state index in [4.69, 9.17) is 4.74 Å². The summed E-state index contributed by atoms with van der Waals surface area (Å²) >= 11 is 0. The molecule has 154 valence electrons. The van der Waals surface area contributed by atoms with Crippen molar-refractivity contribution >= 4 is 32.4 Å². The number of sulfonamides is 1. The van der Waals surface area contributed by atoms with Gasteiger partial charge in [0, 0.05) is 7.05 Å². The monoisotopic (exact) mass is 415 g/mol. The van der Waals surface area contributed by atoms with E-state index in [0.717, 1.165) is 32.6 Å². The van der Waals surface area contributed by atoms with Gasteiger partial charge in [-0.25, -0.2) is 12.7 Å². The summed E-state index contributed by atoms with van der Waals surface area (Å²) in [6.45, 7) is 5.16. The first-order valence-electron chi connectivity index (χ1n) is 9.16. The molecule has 0 fully saturated rings. The number of amides is 1. The van der Waals surface area contributed by atoms with Gasteiger partial charge in [0.2, 0.25) is 15.9 Å². The number of rotatable bonds is 5. The van der Waals surface area contributed by atoms with Crippen molar-refractivity contribution in [3.8, 4) is 5.75 Å². The molecule has 1 aromatic heterocycles. The highest BCUT2D eigenvalue weighted by Gasteiger charge is 2.34. The maximum Gasteiger partial charge on any atom is 0.248 e. The predicted octanol–water partition coefficient (Wildman–Crippen LogP) is 3.30. The number of hydrogen-bond acceptors (Lipinski definition) is 5. The Hall–Kier alpha value is -2.87. The number of anilines is 1. The molecule has 2 aromatic carbocycles. The fraction of sp³-hybridized carbons (Fsp3) is 0.333. The largest absolute Gasteiger partial charge is 0.497 e. The average Bonchev–Trinajstić information content (AvgIpc) is 2.91. The molecule has 0 N–H and O–H groups in total. The lowest BCUT2D eigenvalue weighted by Crippen LogP contribution is -2.39. The van der Waals surface area contributed by atoms with Crippen molar-refractivity contribution in [2.45, 2.75) is 26.7 Å². The molecule has 1 amide bonds. The van der Waals surface area contributed by atoms with Gasteiger partial charge in [-0.1, -0.05) is 24.3 Å². The van der Waals surface area contributed by atoms with Crippen LogP contribution in [0.25, 0.3) is 10.8 Å². The van der Waals surface area contributed by atoms with Crippen molar-refractivity contribution in [1.29, 1.82) is 0 Å². The minimum Gasteiger partial charge on any atom is -0.497 e. The van der Waals surface area contributed by atoms with E-state index in [1.165, 1.54) is 0 Å². The second-order valence-corrected chi connectivity index (χ2v) is 9.03. The molecule has 0 aliphatic heterocycles. The lowest BCUT2D eigenvalue weighted by Gasteiger charge is -2.24. The van der Waals surface area contributed by atoms with Gasteiger partial charge in [-0.15, -0.1) is 0 Å². The van der Waals surface area contributed by atoms with Crippen LogP contribution in [0.3, 0.4) is 0 Å². The molecule has 0 saturated heterocycles. The highest BCUT2D eigenvalue weighted by molar-refractivity contribution is 7.92. The molecule has 0 aliphatic carbocycles. The van der Waals surface area contributed by atoms with Gasteiger partial charge in [-0.2, -0.15) is 5.10 Å². The molecule has 0 radical (unpaired) electrons. The Bertz CT molecular complexity index is 1200. The van der Waals surface area contributed by atoms with Crippen LogP contribution in [0.15, 0.2) is 36.4 Å². The van der Waals surface area contributed by atoms with Crippen LogP contribution in [0.1, 0.15) is 29.8 Å². The molecule has 7 nitrogen and oxygen atoms in total. The summed E-state index contributed by atoms with van der Waals surface area (Å²) in [4.78, 5) is 13.3. The van der Waals surface area contributed by atoms with E-state index in [-0.39, 0.29) is 0 Å². The summed E-state index contributed by atoms with van der Waals surface area (Å²) < 4.78 is 32.8. The molecule has 1 unspecified atom stereocenters. The Morgan fingerprint density at radius 3 is 2.31 bits per heavy atom. The summed E-state index contributed by atoms with van der Waals surface area (Å²) in [7, 11) is -0.510. The Labute approximate surface area is 170 Å². The molecule has 8 heteroatoms. The molecule has 0 bridgehead atoms. The van der Waals surface area contributed by atoms with Gasteiger partial charge in [-0.05, 0) is 49.2 Å². The normalized spacial score (nSPS) is 12.8. The van der Waals surface area contributed by atoms with Crippen LogP contribution in [0.4, 0.5) is 5.69 Å². The van der Waals surface area contributed by atoms with Crippen LogP contribution < -0.4 is 9.04 Å². The third kappa shape index (κ3) is 3.85. The number of carbonyl (C=O) groups excluding carboxylic acids is 1. The topological polar surface area (TPSA) is 81.5 Å². The van der Waals surface area contributed by atoms with Gasteiger partial charge in [0.1, 0.15) is 11.4 Å². The van der Waals surface area contributed by atoms with Crippen LogP contribution in [0.5, 0.6) is 5.75 Å². The number of ether oxygens (including phenoxy) is 1. The number of fused-ring (bicyclic) bond motifs is 1. The highest BCUT2D eigenvalue weighted by Crippen LogP contribution is 2.31. The zero-order valence-electron chi connectivity index (χ0n) is 17.4. The van der Waals surface area contributed by atoms with Gasteiger partial charge < -0.3 is 4.74 Å². The number of methoxy groups -OCH3 is 1. The first-order valence-corrected chi connectivity index (χ1v) is 11.0. The number of benzene rings is 2. The molecule has 3 rings (SSSR count). The van der Waals surface area contributed by atoms with E-state index in [2.05, 4.69) is 5.10 Å². The minimum atomic E-state index is -3.84. The highest BCUT2D eigenvalue weighted by atomic mass is 32.2. The fourth-order valence-corrected chi connectivity index (χ4v) is 4.53. The van der Waals surface area contributed by atoms with Gasteiger partial charge in [-0.3, -0.25) is 9.48 Å². The Morgan fingerprint density at radius 2 is 1.76 bits per heavy atom. The quantitative estimate of drug-likeness (QED) is 0.639. The van der Waals surface area contributed by atoms with E-state index in [9.17, 15) is 13.2 Å². The molecule has 1 atom stereocenters. The second-order valence-electron chi connectivity index (χ2n) is 7.20. The maximum atomic E-state index is 13.3. The van der Waals surface area contributed by atoms with E-state index in [1.54, 1.807) is 39.6 Å². The second kappa shape index (κ2) is 7.51. The predicted molar refractivity (Wildman–Crippen MR) is 114 cm³/mol. The van der Waals surface area contributed by atoms with Crippen LogP contribution in [-0.4, -0.2) is 37.5 Å². The molecule has 0 saturated carbocycles. The van der Waals surface area contributed by atoms with Crippen molar-refractivity contribution in [3.63, 3.8) is 0 Å². The van der Waals surface area contributed by atoms with Crippen molar-refractivity contribution < 1.29 is 17.9 Å². The number of hydrogen-bond donors (Lipinski definition) is 0. The first kappa shape index (κ1) is 20.9. The SMILES string of the molecule is COc1ccc2cc(C(C)C(=O)N(c3c(C)nn(C)c3C)S(C)(=O)=O)ccc2c1. The summed E-state index contributed by atoms with van der Waals surface area (Å²) in [6.07, 6.45) is 1.04. The van der Waals surface area contributed by atoms with Crippen molar-refractivity contribution in [3.05, 3.63) is 53.3 Å². The Balaban J connectivity index is 2.05. The van der Waals surface area contributed by atoms with Crippen LogP contribution in [0.2, 0.25) is 0 Å². The fourth-order valence-electron chi connectivity index (χ4n) is 3.45.